The summed E-state index contributed by atoms with van der Waals surface area (Å²) in [4.78, 5) is 19.8. The zero-order valence-corrected chi connectivity index (χ0v) is 17.0. The van der Waals surface area contributed by atoms with Crippen LogP contribution in [0, 0.1) is 5.92 Å². The number of amides is 1. The normalized spacial score (nSPS) is 19.0. The van der Waals surface area contributed by atoms with E-state index in [2.05, 4.69) is 23.7 Å². The van der Waals surface area contributed by atoms with Crippen LogP contribution in [0.2, 0.25) is 0 Å². The predicted octanol–water partition coefficient (Wildman–Crippen LogP) is 5.05. The third-order valence-electron chi connectivity index (χ3n) is 4.33. The molecule has 0 N–H and O–H groups in total. The summed E-state index contributed by atoms with van der Waals surface area (Å²) < 4.78 is 0.687. The highest BCUT2D eigenvalue weighted by molar-refractivity contribution is 8.26. The molecule has 3 rings (SSSR count). The molecule has 0 saturated heterocycles. The van der Waals surface area contributed by atoms with Crippen LogP contribution in [0.5, 0.6) is 0 Å². The van der Waals surface area contributed by atoms with Crippen molar-refractivity contribution >= 4 is 57.1 Å². The maximum Gasteiger partial charge on any atom is 0.284 e. The number of fused-ring (bicyclic) bond motifs is 1. The topological polar surface area (TPSA) is 32.7 Å². The summed E-state index contributed by atoms with van der Waals surface area (Å²) in [6, 6.07) is 9.90. The van der Waals surface area contributed by atoms with Crippen LogP contribution in [-0.4, -0.2) is 33.9 Å². The van der Waals surface area contributed by atoms with Gasteiger partial charge in [0, 0.05) is 24.0 Å². The van der Waals surface area contributed by atoms with Crippen LogP contribution in [0.25, 0.3) is 5.57 Å². The minimum atomic E-state index is -0.245. The van der Waals surface area contributed by atoms with Crippen LogP contribution in [0.1, 0.15) is 19.4 Å². The van der Waals surface area contributed by atoms with Gasteiger partial charge in [0.25, 0.3) is 5.91 Å². The van der Waals surface area contributed by atoms with Gasteiger partial charge in [-0.1, -0.05) is 72.0 Å². The highest BCUT2D eigenvalue weighted by atomic mass is 35.5. The second kappa shape index (κ2) is 8.33. The van der Waals surface area contributed by atoms with Crippen LogP contribution in [0.4, 0.5) is 0 Å². The Hall–Kier alpha value is -1.69. The molecule has 0 bridgehead atoms. The number of benzene rings is 1. The smallest absolute Gasteiger partial charge is 0.284 e. The number of allylic oxidation sites excluding steroid dienone is 5. The summed E-state index contributed by atoms with van der Waals surface area (Å²) in [5.74, 6) is -0.389. The highest BCUT2D eigenvalue weighted by Gasteiger charge is 2.33. The van der Waals surface area contributed by atoms with Crippen molar-refractivity contribution < 1.29 is 4.79 Å². The Morgan fingerprint density at radius 2 is 1.92 bits per heavy atom. The number of halogens is 1. The number of nitrogens with zero attached hydrogens (tertiary/aromatic N) is 2. The van der Waals surface area contributed by atoms with Gasteiger partial charge in [0.15, 0.2) is 0 Å². The first-order valence-corrected chi connectivity index (χ1v) is 10.1. The Morgan fingerprint density at radius 1 is 1.23 bits per heavy atom. The maximum absolute atomic E-state index is 12.8. The molecule has 1 unspecified atom stereocenters. The number of thioether (sulfide) groups is 1. The van der Waals surface area contributed by atoms with Crippen molar-refractivity contribution in [2.24, 2.45) is 10.9 Å². The molecule has 1 amide bonds. The van der Waals surface area contributed by atoms with Gasteiger partial charge in [0.1, 0.15) is 4.32 Å². The van der Waals surface area contributed by atoms with Gasteiger partial charge in [-0.3, -0.25) is 4.79 Å². The first kappa shape index (κ1) is 19.1. The van der Waals surface area contributed by atoms with E-state index in [0.717, 1.165) is 29.9 Å². The molecule has 0 spiro atoms. The largest absolute Gasteiger partial charge is 0.358 e. The third-order valence-corrected chi connectivity index (χ3v) is 6.13. The van der Waals surface area contributed by atoms with Crippen molar-refractivity contribution in [1.29, 1.82) is 0 Å². The van der Waals surface area contributed by atoms with Gasteiger partial charge in [-0.2, -0.15) is 0 Å². The Kier molecular flexibility index (Phi) is 6.12. The molecular formula is C20H19ClN2OS2. The molecule has 6 heteroatoms. The number of thiocarbonyl (C=S) groups is 1. The van der Waals surface area contributed by atoms with E-state index in [4.69, 9.17) is 23.8 Å². The summed E-state index contributed by atoms with van der Waals surface area (Å²) >= 11 is 13.2. The van der Waals surface area contributed by atoms with Crippen LogP contribution in [0.15, 0.2) is 63.5 Å². The highest BCUT2D eigenvalue weighted by Crippen LogP contribution is 2.41. The van der Waals surface area contributed by atoms with E-state index in [1.165, 1.54) is 11.8 Å². The summed E-state index contributed by atoms with van der Waals surface area (Å²) in [5, 5.41) is 0.646. The van der Waals surface area contributed by atoms with Crippen molar-refractivity contribution in [2.75, 3.05) is 13.1 Å². The van der Waals surface area contributed by atoms with E-state index in [9.17, 15) is 4.79 Å². The Balaban J connectivity index is 2.10. The van der Waals surface area contributed by atoms with Crippen molar-refractivity contribution in [2.45, 2.75) is 13.8 Å². The maximum atomic E-state index is 12.8. The molecule has 0 fully saturated rings. The molecule has 1 aromatic carbocycles. The summed E-state index contributed by atoms with van der Waals surface area (Å²) in [7, 11) is 0. The second-order valence-electron chi connectivity index (χ2n) is 5.85. The molecule has 0 radical (unpaired) electrons. The van der Waals surface area contributed by atoms with Crippen molar-refractivity contribution in [3.8, 4) is 0 Å². The Morgan fingerprint density at radius 3 is 2.58 bits per heavy atom. The number of carbonyl (C=O) groups is 1. The van der Waals surface area contributed by atoms with E-state index in [1.54, 1.807) is 6.08 Å². The molecule has 26 heavy (non-hydrogen) atoms. The van der Waals surface area contributed by atoms with Crippen LogP contribution < -0.4 is 0 Å². The fourth-order valence-corrected chi connectivity index (χ4v) is 4.74. The van der Waals surface area contributed by atoms with Crippen LogP contribution >= 0.6 is 35.6 Å². The zero-order chi connectivity index (χ0) is 18.7. The lowest BCUT2D eigenvalue weighted by molar-refractivity contribution is -0.113. The third kappa shape index (κ3) is 3.85. The first-order valence-electron chi connectivity index (χ1n) is 8.49. The summed E-state index contributed by atoms with van der Waals surface area (Å²) in [6.07, 6.45) is 5.53. The van der Waals surface area contributed by atoms with Crippen LogP contribution in [-0.2, 0) is 4.79 Å². The first-order chi connectivity index (χ1) is 12.5. The Labute approximate surface area is 168 Å². The average Bonchev–Trinajstić information content (AvgIpc) is 2.64. The van der Waals surface area contributed by atoms with E-state index in [-0.39, 0.29) is 11.8 Å². The SMILES string of the molecule is CCN(CC)C(=S)SC1=C(c2ccccc2)C2C=C(Cl)C=CC2=NC1=O. The molecule has 0 saturated carbocycles. The molecule has 1 heterocycles. The number of rotatable bonds is 4. The lowest BCUT2D eigenvalue weighted by Crippen LogP contribution is -2.29. The summed E-state index contributed by atoms with van der Waals surface area (Å²) in [6.45, 7) is 5.71. The predicted molar refractivity (Wildman–Crippen MR) is 115 cm³/mol. The molecule has 2 aliphatic rings. The van der Waals surface area contributed by atoms with Gasteiger partial charge >= 0.3 is 0 Å². The van der Waals surface area contributed by atoms with E-state index in [1.807, 2.05) is 42.5 Å². The number of carbonyl (C=O) groups excluding carboxylic acids is 1. The molecule has 1 aliphatic heterocycles. The van der Waals surface area contributed by atoms with Crippen molar-refractivity contribution in [1.82, 2.24) is 4.90 Å². The Bertz CT molecular complexity index is 852. The van der Waals surface area contributed by atoms with Gasteiger partial charge in [-0.25, -0.2) is 4.99 Å². The van der Waals surface area contributed by atoms with Gasteiger partial charge in [0.05, 0.1) is 10.6 Å². The van der Waals surface area contributed by atoms with Crippen LogP contribution in [0.3, 0.4) is 0 Å². The number of hydrogen-bond acceptors (Lipinski definition) is 3. The summed E-state index contributed by atoms with van der Waals surface area (Å²) in [5.41, 5.74) is 2.62. The van der Waals surface area contributed by atoms with Gasteiger partial charge < -0.3 is 4.90 Å². The van der Waals surface area contributed by atoms with E-state index >= 15 is 0 Å². The van der Waals surface area contributed by atoms with E-state index in [0.29, 0.717) is 14.3 Å². The molecular weight excluding hydrogens is 384 g/mol. The lowest BCUT2D eigenvalue weighted by Gasteiger charge is -2.28. The molecule has 1 atom stereocenters. The molecule has 1 aromatic rings. The average molecular weight is 403 g/mol. The van der Waals surface area contributed by atoms with Crippen molar-refractivity contribution in [3.63, 3.8) is 0 Å². The minimum Gasteiger partial charge on any atom is -0.358 e. The fraction of sp³-hybridized carbons (Fsp3) is 0.250. The molecule has 1 aliphatic carbocycles. The van der Waals surface area contributed by atoms with Gasteiger partial charge in [-0.15, -0.1) is 0 Å². The molecule has 134 valence electrons. The van der Waals surface area contributed by atoms with Crippen molar-refractivity contribution in [3.05, 3.63) is 64.1 Å². The monoisotopic (exact) mass is 402 g/mol. The standard InChI is InChI=1S/C20H19ClN2OS2/c1-3-23(4-2)20(25)26-18-17(13-8-6-5-7-9-13)15-12-14(21)10-11-16(15)22-19(18)24/h5-12,15H,3-4H2,1-2H3. The number of dihydropyridines is 1. The molecule has 3 nitrogen and oxygen atoms in total. The lowest BCUT2D eigenvalue weighted by atomic mass is 9.84. The number of aliphatic imine (C=N–C) groups is 1. The van der Waals surface area contributed by atoms with E-state index < -0.39 is 0 Å². The molecule has 0 aromatic heterocycles. The number of hydrogen-bond donors (Lipinski definition) is 0. The quantitative estimate of drug-likeness (QED) is 0.660. The zero-order valence-electron chi connectivity index (χ0n) is 14.6. The van der Waals surface area contributed by atoms with Gasteiger partial charge in [-0.05, 0) is 37.1 Å². The van der Waals surface area contributed by atoms with Gasteiger partial charge in [0.2, 0.25) is 0 Å². The second-order valence-corrected chi connectivity index (χ2v) is 7.93. The fourth-order valence-electron chi connectivity index (χ4n) is 2.99. The minimum absolute atomic E-state index is 0.144.